The number of hydrogen-bond acceptors (Lipinski definition) is 3. The quantitative estimate of drug-likeness (QED) is 0.508. The first-order valence-corrected chi connectivity index (χ1v) is 4.04. The minimum absolute atomic E-state index is 0. The summed E-state index contributed by atoms with van der Waals surface area (Å²) in [7, 11) is 0. The molecule has 0 heterocycles. The summed E-state index contributed by atoms with van der Waals surface area (Å²) in [6.45, 7) is 5.22. The Bertz CT molecular complexity index is 279. The normalized spacial score (nSPS) is 7.64. The summed E-state index contributed by atoms with van der Waals surface area (Å²) in [5.74, 6) is 0. The predicted molar refractivity (Wildman–Crippen MR) is 52.0 cm³/mol. The van der Waals surface area contributed by atoms with Crippen LogP contribution in [0.25, 0.3) is 0 Å². The molecule has 75 valence electrons. The Morgan fingerprint density at radius 3 is 2.21 bits per heavy atom. The van der Waals surface area contributed by atoms with Gasteiger partial charge in [0.15, 0.2) is 5.69 Å². The van der Waals surface area contributed by atoms with E-state index in [1.807, 2.05) is 13.8 Å². The Kier molecular flexibility index (Phi) is 10.4. The largest absolute Gasteiger partial charge is 0.360 e. The SMILES string of the molecule is CC.N[CH-]c1ccccc1[N+](=O)[O-].[Y]. The maximum atomic E-state index is 10.3. The van der Waals surface area contributed by atoms with Crippen molar-refractivity contribution in [3.63, 3.8) is 0 Å². The Hall–Kier alpha value is -0.446. The van der Waals surface area contributed by atoms with Crippen molar-refractivity contribution in [1.29, 1.82) is 0 Å². The summed E-state index contributed by atoms with van der Waals surface area (Å²) >= 11 is 0. The smallest absolute Gasteiger partial charge is 0.171 e. The van der Waals surface area contributed by atoms with E-state index < -0.39 is 4.92 Å². The average molecular weight is 270 g/mol. The van der Waals surface area contributed by atoms with E-state index in [0.29, 0.717) is 5.56 Å². The van der Waals surface area contributed by atoms with Gasteiger partial charge in [0.05, 0.1) is 0 Å². The van der Waals surface area contributed by atoms with Crippen LogP contribution in [0.2, 0.25) is 0 Å². The first kappa shape index (κ1) is 16.0. The zero-order valence-corrected chi connectivity index (χ0v) is 11.1. The summed E-state index contributed by atoms with van der Waals surface area (Å²) in [6, 6.07) is 6.31. The van der Waals surface area contributed by atoms with Gasteiger partial charge in [-0.2, -0.15) is 6.07 Å². The van der Waals surface area contributed by atoms with Crippen LogP contribution in [-0.4, -0.2) is 4.92 Å². The van der Waals surface area contributed by atoms with Crippen LogP contribution >= 0.6 is 0 Å². The van der Waals surface area contributed by atoms with Gasteiger partial charge in [0.1, 0.15) is 0 Å². The number of nitrogens with two attached hydrogens (primary N) is 1. The molecule has 0 aliphatic carbocycles. The Balaban J connectivity index is 0. The second kappa shape index (κ2) is 9.12. The molecule has 1 aromatic carbocycles. The van der Waals surface area contributed by atoms with Crippen molar-refractivity contribution >= 4 is 5.69 Å². The number of nitrogens with zero attached hydrogens (tertiary/aromatic N) is 1. The second-order valence-electron chi connectivity index (χ2n) is 1.98. The molecule has 0 fully saturated rings. The van der Waals surface area contributed by atoms with Gasteiger partial charge in [-0.1, -0.05) is 19.9 Å². The van der Waals surface area contributed by atoms with Crippen molar-refractivity contribution in [2.45, 2.75) is 13.8 Å². The molecule has 0 amide bonds. The standard InChI is InChI=1S/C7H7N2O2.C2H6.Y/c8-5-6-3-1-2-4-7(6)9(10)11;1-2;/h1-5H,8H2;1-2H3;/q-1;;. The van der Waals surface area contributed by atoms with E-state index in [1.165, 1.54) is 12.6 Å². The van der Waals surface area contributed by atoms with Crippen molar-refractivity contribution in [3.8, 4) is 0 Å². The molecule has 0 aliphatic rings. The molecule has 0 spiro atoms. The summed E-state index contributed by atoms with van der Waals surface area (Å²) in [4.78, 5) is 9.85. The molecular formula is C9H13N2O2Y-. The average Bonchev–Trinajstić information content (AvgIpc) is 2.20. The fourth-order valence-corrected chi connectivity index (χ4v) is 0.795. The summed E-state index contributed by atoms with van der Waals surface area (Å²) in [6.07, 6.45) is 0. The zero-order valence-electron chi connectivity index (χ0n) is 8.31. The van der Waals surface area contributed by atoms with Gasteiger partial charge in [-0.3, -0.25) is 10.1 Å². The number of benzene rings is 1. The van der Waals surface area contributed by atoms with Crippen LogP contribution < -0.4 is 5.73 Å². The van der Waals surface area contributed by atoms with Crippen LogP contribution in [0.1, 0.15) is 19.4 Å². The molecule has 4 nitrogen and oxygen atoms in total. The van der Waals surface area contributed by atoms with Crippen LogP contribution in [0.15, 0.2) is 24.3 Å². The number of para-hydroxylation sites is 1. The third kappa shape index (κ3) is 4.70. The summed E-state index contributed by atoms with van der Waals surface area (Å²) < 4.78 is 0. The molecule has 0 bridgehead atoms. The van der Waals surface area contributed by atoms with E-state index in [2.05, 4.69) is 0 Å². The molecule has 1 radical (unpaired) electrons. The van der Waals surface area contributed by atoms with Gasteiger partial charge < -0.3 is 5.73 Å². The Morgan fingerprint density at radius 2 is 1.86 bits per heavy atom. The van der Waals surface area contributed by atoms with E-state index in [-0.39, 0.29) is 38.4 Å². The molecule has 0 atom stereocenters. The maximum Gasteiger partial charge on any atom is 0.171 e. The molecule has 5 heteroatoms. The summed E-state index contributed by atoms with van der Waals surface area (Å²) in [5.41, 5.74) is 5.64. The van der Waals surface area contributed by atoms with Gasteiger partial charge in [0, 0.05) is 37.6 Å². The van der Waals surface area contributed by atoms with Crippen molar-refractivity contribution < 1.29 is 37.6 Å². The van der Waals surface area contributed by atoms with E-state index >= 15 is 0 Å². The van der Waals surface area contributed by atoms with Gasteiger partial charge in [0.25, 0.3) is 0 Å². The Labute approximate surface area is 109 Å². The van der Waals surface area contributed by atoms with E-state index in [4.69, 9.17) is 5.73 Å². The van der Waals surface area contributed by atoms with Crippen LogP contribution in [0, 0.1) is 16.7 Å². The molecule has 1 rings (SSSR count). The minimum atomic E-state index is -0.460. The van der Waals surface area contributed by atoms with Gasteiger partial charge in [-0.05, 0) is 6.07 Å². The molecule has 0 aromatic heterocycles. The first-order valence-electron chi connectivity index (χ1n) is 4.04. The molecular weight excluding hydrogens is 257 g/mol. The summed E-state index contributed by atoms with van der Waals surface area (Å²) in [5, 5.41) is 10.3. The third-order valence-corrected chi connectivity index (χ3v) is 1.31. The van der Waals surface area contributed by atoms with Crippen molar-refractivity contribution in [2.75, 3.05) is 0 Å². The van der Waals surface area contributed by atoms with Gasteiger partial charge in [0.2, 0.25) is 0 Å². The van der Waals surface area contributed by atoms with Gasteiger partial charge >= 0.3 is 0 Å². The van der Waals surface area contributed by atoms with Crippen LogP contribution in [0.4, 0.5) is 5.69 Å². The van der Waals surface area contributed by atoms with Gasteiger partial charge in [-0.15, -0.1) is 18.2 Å². The van der Waals surface area contributed by atoms with Crippen LogP contribution in [0.3, 0.4) is 0 Å². The fourth-order valence-electron chi connectivity index (χ4n) is 0.795. The van der Waals surface area contributed by atoms with Gasteiger partial charge in [-0.25, -0.2) is 0 Å². The molecule has 2 N–H and O–H groups in total. The molecule has 14 heavy (non-hydrogen) atoms. The number of hydrogen-bond donors (Lipinski definition) is 1. The van der Waals surface area contributed by atoms with E-state index in [1.54, 1.807) is 18.2 Å². The zero-order chi connectivity index (χ0) is 10.3. The van der Waals surface area contributed by atoms with Crippen LogP contribution in [0.5, 0.6) is 0 Å². The van der Waals surface area contributed by atoms with E-state index in [0.717, 1.165) is 0 Å². The monoisotopic (exact) mass is 270 g/mol. The molecule has 0 aliphatic heterocycles. The van der Waals surface area contributed by atoms with Crippen molar-refractivity contribution in [1.82, 2.24) is 0 Å². The van der Waals surface area contributed by atoms with Crippen molar-refractivity contribution in [2.24, 2.45) is 5.73 Å². The fraction of sp³-hybridized carbons (Fsp3) is 0.222. The molecule has 0 unspecified atom stereocenters. The maximum absolute atomic E-state index is 10.3. The minimum Gasteiger partial charge on any atom is -0.360 e. The number of nitro groups is 1. The topological polar surface area (TPSA) is 69.2 Å². The van der Waals surface area contributed by atoms with E-state index in [9.17, 15) is 10.1 Å². The van der Waals surface area contributed by atoms with Crippen molar-refractivity contribution in [3.05, 3.63) is 46.5 Å². The second-order valence-corrected chi connectivity index (χ2v) is 1.98. The Morgan fingerprint density at radius 1 is 1.36 bits per heavy atom. The number of rotatable bonds is 2. The molecule has 0 saturated heterocycles. The first-order chi connectivity index (χ1) is 6.25. The molecule has 1 aromatic rings. The molecule has 0 saturated carbocycles. The van der Waals surface area contributed by atoms with Crippen LogP contribution in [-0.2, 0) is 32.7 Å². The third-order valence-electron chi connectivity index (χ3n) is 1.31. The number of nitro benzene ring substituents is 1. The predicted octanol–water partition coefficient (Wildman–Crippen LogP) is 2.09.